The van der Waals surface area contributed by atoms with E-state index in [4.69, 9.17) is 0 Å². The van der Waals surface area contributed by atoms with Gasteiger partial charge in [-0.25, -0.2) is 8.42 Å². The quantitative estimate of drug-likeness (QED) is 0.754. The third-order valence-corrected chi connectivity index (χ3v) is 4.75. The van der Waals surface area contributed by atoms with Crippen LogP contribution in [-0.2, 0) is 9.84 Å². The van der Waals surface area contributed by atoms with Gasteiger partial charge >= 0.3 is 0 Å². The molecule has 0 aliphatic heterocycles. The zero-order valence-electron chi connectivity index (χ0n) is 9.52. The highest BCUT2D eigenvalue weighted by Crippen LogP contribution is 2.15. The third-order valence-electron chi connectivity index (χ3n) is 2.32. The van der Waals surface area contributed by atoms with Gasteiger partial charge in [-0.05, 0) is 34.5 Å². The summed E-state index contributed by atoms with van der Waals surface area (Å²) < 4.78 is 23.1. The van der Waals surface area contributed by atoms with Gasteiger partial charge in [0, 0.05) is 22.8 Å². The molecule has 0 spiro atoms. The third kappa shape index (κ3) is 4.55. The molecule has 0 fully saturated rings. The van der Waals surface area contributed by atoms with Crippen molar-refractivity contribution >= 4 is 31.6 Å². The number of rotatable bonds is 6. The first-order chi connectivity index (χ1) is 7.96. The molecule has 0 atom stereocenters. The van der Waals surface area contributed by atoms with Gasteiger partial charge in [0.05, 0.1) is 5.75 Å². The van der Waals surface area contributed by atoms with Crippen molar-refractivity contribution in [2.45, 2.75) is 19.8 Å². The minimum Gasteiger partial charge on any atom is -0.292 e. The second-order valence-corrected chi connectivity index (χ2v) is 6.92. The van der Waals surface area contributed by atoms with Crippen molar-refractivity contribution in [1.29, 1.82) is 0 Å². The van der Waals surface area contributed by atoms with Gasteiger partial charge in [0.25, 0.3) is 0 Å². The Morgan fingerprint density at radius 1 is 1.47 bits per heavy atom. The molecule has 1 heterocycles. The summed E-state index contributed by atoms with van der Waals surface area (Å²) in [6.45, 7) is 1.60. The number of pyridine rings is 1. The Hall–Kier alpha value is -0.750. The molecule has 0 amide bonds. The maximum Gasteiger partial charge on any atom is 0.182 e. The van der Waals surface area contributed by atoms with Crippen molar-refractivity contribution in [3.05, 3.63) is 28.5 Å². The molecule has 17 heavy (non-hydrogen) atoms. The van der Waals surface area contributed by atoms with Gasteiger partial charge in [0.1, 0.15) is 15.5 Å². The Labute approximate surface area is 109 Å². The molecule has 0 N–H and O–H groups in total. The van der Waals surface area contributed by atoms with Gasteiger partial charge in [-0.2, -0.15) is 0 Å². The fraction of sp³-hybridized carbons (Fsp3) is 0.455. The first-order valence-corrected chi connectivity index (χ1v) is 7.92. The van der Waals surface area contributed by atoms with Gasteiger partial charge in [0.15, 0.2) is 5.78 Å². The summed E-state index contributed by atoms with van der Waals surface area (Å²) in [6, 6.07) is 3.46. The predicted molar refractivity (Wildman–Crippen MR) is 69.8 cm³/mol. The number of sulfone groups is 1. The second-order valence-electron chi connectivity index (χ2n) is 3.60. The Balaban J connectivity index is 2.55. The van der Waals surface area contributed by atoms with Gasteiger partial charge in [-0.3, -0.25) is 9.78 Å². The number of aromatic nitrogens is 1. The summed E-state index contributed by atoms with van der Waals surface area (Å²) in [7, 11) is -2.99. The fourth-order valence-corrected chi connectivity index (χ4v) is 2.66. The van der Waals surface area contributed by atoms with Crippen molar-refractivity contribution in [3.8, 4) is 0 Å². The lowest BCUT2D eigenvalue weighted by Crippen LogP contribution is -2.11. The highest BCUT2D eigenvalue weighted by Gasteiger charge is 2.13. The van der Waals surface area contributed by atoms with Crippen LogP contribution in [-0.4, -0.2) is 30.7 Å². The highest BCUT2D eigenvalue weighted by atomic mass is 79.9. The first-order valence-electron chi connectivity index (χ1n) is 5.30. The molecule has 0 unspecified atom stereocenters. The van der Waals surface area contributed by atoms with Gasteiger partial charge in [0.2, 0.25) is 0 Å². The van der Waals surface area contributed by atoms with E-state index in [2.05, 4.69) is 20.9 Å². The van der Waals surface area contributed by atoms with E-state index in [1.54, 1.807) is 25.3 Å². The molecular weight excluding hydrogens is 306 g/mol. The summed E-state index contributed by atoms with van der Waals surface area (Å²) in [4.78, 5) is 15.7. The Morgan fingerprint density at radius 2 is 2.18 bits per heavy atom. The van der Waals surface area contributed by atoms with Crippen molar-refractivity contribution in [1.82, 2.24) is 4.98 Å². The lowest BCUT2D eigenvalue weighted by atomic mass is 10.1. The van der Waals surface area contributed by atoms with Gasteiger partial charge in [-0.1, -0.05) is 6.92 Å². The number of carbonyl (C=O) groups excluding carboxylic acids is 1. The van der Waals surface area contributed by atoms with E-state index in [0.29, 0.717) is 16.6 Å². The van der Waals surface area contributed by atoms with Crippen LogP contribution in [0.15, 0.2) is 22.8 Å². The Bertz CT molecular complexity index is 499. The van der Waals surface area contributed by atoms with E-state index in [1.165, 1.54) is 0 Å². The van der Waals surface area contributed by atoms with Crippen LogP contribution in [0.2, 0.25) is 0 Å². The number of nitrogens with zero attached hydrogens (tertiary/aromatic N) is 1. The zero-order valence-corrected chi connectivity index (χ0v) is 11.9. The van der Waals surface area contributed by atoms with Crippen LogP contribution in [0.25, 0.3) is 0 Å². The number of carbonyl (C=O) groups is 1. The largest absolute Gasteiger partial charge is 0.292 e. The second kappa shape index (κ2) is 6.26. The smallest absolute Gasteiger partial charge is 0.182 e. The Morgan fingerprint density at radius 3 is 2.76 bits per heavy atom. The minimum atomic E-state index is -2.99. The van der Waals surface area contributed by atoms with Crippen LogP contribution in [0.4, 0.5) is 0 Å². The van der Waals surface area contributed by atoms with Crippen molar-refractivity contribution in [2.75, 3.05) is 11.5 Å². The maximum atomic E-state index is 11.8. The summed E-state index contributed by atoms with van der Waals surface area (Å²) in [6.07, 6.45) is 2.09. The van der Waals surface area contributed by atoms with Crippen LogP contribution < -0.4 is 0 Å². The average Bonchev–Trinajstić information content (AvgIpc) is 2.29. The van der Waals surface area contributed by atoms with E-state index in [1.807, 2.05) is 0 Å². The maximum absolute atomic E-state index is 11.8. The van der Waals surface area contributed by atoms with Crippen LogP contribution in [0.3, 0.4) is 0 Å². The van der Waals surface area contributed by atoms with Crippen molar-refractivity contribution in [2.24, 2.45) is 0 Å². The number of halogens is 1. The number of Topliss-reactive ketones (excluding diaryl/α,β-unsaturated/α-hetero) is 1. The standard InChI is InChI=1S/C11H14BrNO3S/c1-2-17(15,16)8-4-6-10(14)11-9(12)5-3-7-13-11/h3,5,7H,2,4,6,8H2,1H3. The Kier molecular flexibility index (Phi) is 5.27. The van der Waals surface area contributed by atoms with E-state index < -0.39 is 9.84 Å². The summed E-state index contributed by atoms with van der Waals surface area (Å²) in [5, 5.41) is 0. The number of hydrogen-bond donors (Lipinski definition) is 0. The SMILES string of the molecule is CCS(=O)(=O)CCCC(=O)c1ncccc1Br. The van der Waals surface area contributed by atoms with Gasteiger partial charge < -0.3 is 0 Å². The van der Waals surface area contributed by atoms with Crippen LogP contribution >= 0.6 is 15.9 Å². The summed E-state index contributed by atoms with van der Waals surface area (Å²) >= 11 is 3.24. The molecule has 0 saturated carbocycles. The molecule has 4 nitrogen and oxygen atoms in total. The van der Waals surface area contributed by atoms with E-state index in [0.717, 1.165) is 0 Å². The molecule has 6 heteroatoms. The van der Waals surface area contributed by atoms with Crippen LogP contribution in [0.1, 0.15) is 30.3 Å². The number of hydrogen-bond acceptors (Lipinski definition) is 4. The summed E-state index contributed by atoms with van der Waals surface area (Å²) in [5.74, 6) is 0.0394. The molecule has 0 aliphatic carbocycles. The van der Waals surface area contributed by atoms with Crippen molar-refractivity contribution in [3.63, 3.8) is 0 Å². The topological polar surface area (TPSA) is 64.1 Å². The molecule has 1 aromatic rings. The fourth-order valence-electron chi connectivity index (χ4n) is 1.31. The molecule has 94 valence electrons. The average molecular weight is 320 g/mol. The van der Waals surface area contributed by atoms with E-state index >= 15 is 0 Å². The highest BCUT2D eigenvalue weighted by molar-refractivity contribution is 9.10. The lowest BCUT2D eigenvalue weighted by molar-refractivity contribution is 0.0976. The molecule has 0 aliphatic rings. The van der Waals surface area contributed by atoms with Gasteiger partial charge in [-0.15, -0.1) is 0 Å². The first kappa shape index (κ1) is 14.3. The molecular formula is C11H14BrNO3S. The monoisotopic (exact) mass is 319 g/mol. The normalized spacial score (nSPS) is 11.4. The number of ketones is 1. The molecule has 1 aromatic heterocycles. The molecule has 0 bridgehead atoms. The lowest BCUT2D eigenvalue weighted by Gasteiger charge is -2.02. The molecule has 0 saturated heterocycles. The minimum absolute atomic E-state index is 0.0553. The van der Waals surface area contributed by atoms with E-state index in [-0.39, 0.29) is 23.7 Å². The van der Waals surface area contributed by atoms with Crippen LogP contribution in [0.5, 0.6) is 0 Å². The van der Waals surface area contributed by atoms with E-state index in [9.17, 15) is 13.2 Å². The molecule has 1 rings (SSSR count). The van der Waals surface area contributed by atoms with Crippen LogP contribution in [0, 0.1) is 0 Å². The van der Waals surface area contributed by atoms with Crippen molar-refractivity contribution < 1.29 is 13.2 Å². The zero-order chi connectivity index (χ0) is 12.9. The molecule has 0 aromatic carbocycles. The predicted octanol–water partition coefficient (Wildman–Crippen LogP) is 2.24. The molecule has 0 radical (unpaired) electrons. The summed E-state index contributed by atoms with van der Waals surface area (Å²) in [5.41, 5.74) is 0.362.